The van der Waals surface area contributed by atoms with Crippen molar-refractivity contribution in [2.24, 2.45) is 0 Å². The molecule has 7 heteroatoms. The van der Waals surface area contributed by atoms with E-state index in [0.29, 0.717) is 12.2 Å². The van der Waals surface area contributed by atoms with Crippen molar-refractivity contribution in [3.63, 3.8) is 0 Å². The Kier molecular flexibility index (Phi) is 5.53. The van der Waals surface area contributed by atoms with Crippen molar-refractivity contribution in [1.82, 2.24) is 20.0 Å². The summed E-state index contributed by atoms with van der Waals surface area (Å²) in [5.74, 6) is -0.344. The first kappa shape index (κ1) is 19.9. The molecule has 1 fully saturated rings. The Morgan fingerprint density at radius 2 is 1.77 bits per heavy atom. The molecule has 1 saturated heterocycles. The molecule has 2 aliphatic rings. The maximum absolute atomic E-state index is 13.6. The van der Waals surface area contributed by atoms with E-state index in [9.17, 15) is 9.18 Å². The molecule has 1 amide bonds. The third-order valence-corrected chi connectivity index (χ3v) is 6.07. The lowest BCUT2D eigenvalue weighted by Gasteiger charge is -2.29. The zero-order valence-electron chi connectivity index (χ0n) is 17.3. The van der Waals surface area contributed by atoms with Crippen molar-refractivity contribution in [3.05, 3.63) is 77.2 Å². The van der Waals surface area contributed by atoms with Crippen LogP contribution >= 0.6 is 0 Å². The van der Waals surface area contributed by atoms with Crippen LogP contribution < -0.4 is 0 Å². The van der Waals surface area contributed by atoms with Crippen LogP contribution in [-0.2, 0) is 4.74 Å². The summed E-state index contributed by atoms with van der Waals surface area (Å²) in [5, 5.41) is 7.44. The third kappa shape index (κ3) is 3.86. The van der Waals surface area contributed by atoms with Crippen molar-refractivity contribution in [3.8, 4) is 11.3 Å². The van der Waals surface area contributed by atoms with Crippen LogP contribution in [0.3, 0.4) is 0 Å². The summed E-state index contributed by atoms with van der Waals surface area (Å²) in [6.45, 7) is 4.91. The highest BCUT2D eigenvalue weighted by atomic mass is 19.1. The van der Waals surface area contributed by atoms with Gasteiger partial charge in [-0.1, -0.05) is 42.5 Å². The van der Waals surface area contributed by atoms with E-state index in [1.165, 1.54) is 12.1 Å². The minimum absolute atomic E-state index is 0.0546. The van der Waals surface area contributed by atoms with E-state index in [4.69, 9.17) is 4.74 Å². The lowest BCUT2D eigenvalue weighted by atomic mass is 9.96. The number of ether oxygens (including phenoxy) is 1. The highest BCUT2D eigenvalue weighted by Gasteiger charge is 2.41. The van der Waals surface area contributed by atoms with Gasteiger partial charge in [0.25, 0.3) is 5.91 Å². The molecule has 0 saturated carbocycles. The van der Waals surface area contributed by atoms with Gasteiger partial charge in [0, 0.05) is 37.3 Å². The molecule has 3 heterocycles. The largest absolute Gasteiger partial charge is 0.379 e. The van der Waals surface area contributed by atoms with Crippen LogP contribution in [0.5, 0.6) is 0 Å². The molecule has 160 valence electrons. The van der Waals surface area contributed by atoms with Gasteiger partial charge in [0.15, 0.2) is 0 Å². The van der Waals surface area contributed by atoms with Crippen LogP contribution in [0.2, 0.25) is 0 Å². The predicted molar refractivity (Wildman–Crippen MR) is 115 cm³/mol. The number of hydrogen-bond donors (Lipinski definition) is 1. The lowest BCUT2D eigenvalue weighted by molar-refractivity contribution is 0.0354. The Labute approximate surface area is 180 Å². The van der Waals surface area contributed by atoms with Gasteiger partial charge in [-0.15, -0.1) is 0 Å². The number of nitrogens with zero attached hydrogens (tertiary/aromatic N) is 3. The SMILES string of the molecule is O=C1c2[nH]nc(-c3ccccc3)c2C(c2ccc(F)cc2)N1CCCN1CCOCC1. The maximum atomic E-state index is 13.6. The Hall–Kier alpha value is -3.03. The van der Waals surface area contributed by atoms with Crippen LogP contribution in [-0.4, -0.2) is 65.3 Å². The topological polar surface area (TPSA) is 61.5 Å². The normalized spacial score (nSPS) is 19.1. The molecular weight excluding hydrogens is 395 g/mol. The smallest absolute Gasteiger partial charge is 0.273 e. The number of aromatic nitrogens is 2. The minimum Gasteiger partial charge on any atom is -0.379 e. The van der Waals surface area contributed by atoms with E-state index < -0.39 is 0 Å². The van der Waals surface area contributed by atoms with Crippen LogP contribution in [0.15, 0.2) is 54.6 Å². The third-order valence-electron chi connectivity index (χ3n) is 6.07. The second kappa shape index (κ2) is 8.61. The van der Waals surface area contributed by atoms with Crippen LogP contribution in [0.25, 0.3) is 11.3 Å². The van der Waals surface area contributed by atoms with E-state index in [1.807, 2.05) is 35.2 Å². The summed E-state index contributed by atoms with van der Waals surface area (Å²) in [6, 6.07) is 16.0. The molecule has 2 aliphatic heterocycles. The highest BCUT2D eigenvalue weighted by molar-refractivity contribution is 6.00. The first-order valence-corrected chi connectivity index (χ1v) is 10.7. The Bertz CT molecular complexity index is 1050. The van der Waals surface area contributed by atoms with Crippen molar-refractivity contribution in [2.45, 2.75) is 12.5 Å². The fourth-order valence-corrected chi connectivity index (χ4v) is 4.52. The Balaban J connectivity index is 1.46. The predicted octanol–water partition coefficient (Wildman–Crippen LogP) is 3.48. The van der Waals surface area contributed by atoms with Crippen molar-refractivity contribution in [2.75, 3.05) is 39.4 Å². The van der Waals surface area contributed by atoms with Gasteiger partial charge in [0.2, 0.25) is 0 Å². The minimum atomic E-state index is -0.290. The molecular formula is C24H25FN4O2. The number of nitrogens with one attached hydrogen (secondary N) is 1. The van der Waals surface area contributed by atoms with Crippen molar-refractivity contribution >= 4 is 5.91 Å². The quantitative estimate of drug-likeness (QED) is 0.663. The standard InChI is InChI=1S/C24H25FN4O2/c25-19-9-7-18(8-10-19)23-20-21(17-5-2-1-3-6-17)26-27-22(20)24(30)29(23)12-4-11-28-13-15-31-16-14-28/h1-3,5-10,23H,4,11-16H2,(H,26,27). The van der Waals surface area contributed by atoms with E-state index in [0.717, 1.165) is 61.7 Å². The number of fused-ring (bicyclic) bond motifs is 1. The lowest BCUT2D eigenvalue weighted by Crippen LogP contribution is -2.38. The van der Waals surface area contributed by atoms with Crippen molar-refractivity contribution < 1.29 is 13.9 Å². The monoisotopic (exact) mass is 420 g/mol. The molecule has 3 aromatic rings. The first-order chi connectivity index (χ1) is 15.2. The number of morpholine rings is 1. The number of benzene rings is 2. The Morgan fingerprint density at radius 1 is 1.03 bits per heavy atom. The number of hydrogen-bond acceptors (Lipinski definition) is 4. The fourth-order valence-electron chi connectivity index (χ4n) is 4.52. The number of halogens is 1. The average molecular weight is 420 g/mol. The summed E-state index contributed by atoms with van der Waals surface area (Å²) in [7, 11) is 0. The van der Waals surface area contributed by atoms with Crippen LogP contribution in [0, 0.1) is 5.82 Å². The number of carbonyl (C=O) groups is 1. The van der Waals surface area contributed by atoms with Gasteiger partial charge in [-0.05, 0) is 24.1 Å². The van der Waals surface area contributed by atoms with Gasteiger partial charge in [-0.2, -0.15) is 5.10 Å². The Morgan fingerprint density at radius 3 is 2.52 bits per heavy atom. The second-order valence-electron chi connectivity index (χ2n) is 7.99. The molecule has 1 atom stereocenters. The van der Waals surface area contributed by atoms with Gasteiger partial charge >= 0.3 is 0 Å². The fraction of sp³-hybridized carbons (Fsp3) is 0.333. The van der Waals surface area contributed by atoms with E-state index >= 15 is 0 Å². The van der Waals surface area contributed by atoms with Gasteiger partial charge < -0.3 is 9.64 Å². The van der Waals surface area contributed by atoms with Gasteiger partial charge in [0.05, 0.1) is 24.9 Å². The zero-order valence-corrected chi connectivity index (χ0v) is 17.3. The summed E-state index contributed by atoms with van der Waals surface area (Å²) < 4.78 is 19.0. The van der Waals surface area contributed by atoms with E-state index in [-0.39, 0.29) is 17.8 Å². The number of amides is 1. The number of aromatic amines is 1. The maximum Gasteiger partial charge on any atom is 0.273 e. The molecule has 0 radical (unpaired) electrons. The van der Waals surface area contributed by atoms with Crippen molar-refractivity contribution in [1.29, 1.82) is 0 Å². The molecule has 5 rings (SSSR count). The van der Waals surface area contributed by atoms with Crippen LogP contribution in [0.4, 0.5) is 4.39 Å². The summed E-state index contributed by atoms with van der Waals surface area (Å²) in [4.78, 5) is 17.6. The average Bonchev–Trinajstić information content (AvgIpc) is 3.35. The zero-order chi connectivity index (χ0) is 21.2. The number of H-pyrrole nitrogens is 1. The van der Waals surface area contributed by atoms with Gasteiger partial charge in [-0.25, -0.2) is 4.39 Å². The van der Waals surface area contributed by atoms with Gasteiger partial charge in [0.1, 0.15) is 11.5 Å². The molecule has 31 heavy (non-hydrogen) atoms. The van der Waals surface area contributed by atoms with E-state index in [2.05, 4.69) is 15.1 Å². The summed E-state index contributed by atoms with van der Waals surface area (Å²) in [5.41, 5.74) is 4.01. The van der Waals surface area contributed by atoms with Gasteiger partial charge in [-0.3, -0.25) is 14.8 Å². The molecule has 0 aliphatic carbocycles. The molecule has 1 N–H and O–H groups in total. The molecule has 0 spiro atoms. The van der Waals surface area contributed by atoms with Crippen LogP contribution in [0.1, 0.15) is 34.1 Å². The highest BCUT2D eigenvalue weighted by Crippen LogP contribution is 2.42. The second-order valence-corrected chi connectivity index (χ2v) is 7.99. The first-order valence-electron chi connectivity index (χ1n) is 10.7. The van der Waals surface area contributed by atoms with E-state index in [1.54, 1.807) is 12.1 Å². The summed E-state index contributed by atoms with van der Waals surface area (Å²) >= 11 is 0. The molecule has 1 unspecified atom stereocenters. The number of rotatable bonds is 6. The molecule has 1 aromatic heterocycles. The molecule has 0 bridgehead atoms. The number of carbonyl (C=O) groups excluding carboxylic acids is 1. The summed E-state index contributed by atoms with van der Waals surface area (Å²) in [6.07, 6.45) is 0.863. The molecule has 2 aromatic carbocycles. The molecule has 6 nitrogen and oxygen atoms in total.